The topological polar surface area (TPSA) is 84.9 Å². The first-order chi connectivity index (χ1) is 14.4. The van der Waals surface area contributed by atoms with Gasteiger partial charge in [-0.3, -0.25) is 9.59 Å². The summed E-state index contributed by atoms with van der Waals surface area (Å²) in [5.41, 5.74) is 0.965. The number of rotatable bonds is 5. The van der Waals surface area contributed by atoms with Crippen LogP contribution in [0, 0.1) is 11.7 Å². The average Bonchev–Trinajstić information content (AvgIpc) is 2.79. The van der Waals surface area contributed by atoms with Gasteiger partial charge in [-0.15, -0.1) is 0 Å². The fraction of sp³-hybridized carbons (Fsp3) is 0.318. The maximum atomic E-state index is 13.0. The van der Waals surface area contributed by atoms with Gasteiger partial charge < -0.3 is 19.7 Å². The second kappa shape index (κ2) is 9.39. The van der Waals surface area contributed by atoms with Gasteiger partial charge in [-0.05, 0) is 55.3 Å². The molecule has 1 aliphatic heterocycles. The predicted octanol–water partition coefficient (Wildman–Crippen LogP) is 3.11. The van der Waals surface area contributed by atoms with Gasteiger partial charge >= 0.3 is 5.97 Å². The number of benzene rings is 2. The Morgan fingerprint density at radius 3 is 2.30 bits per heavy atom. The van der Waals surface area contributed by atoms with Gasteiger partial charge in [0.1, 0.15) is 11.6 Å². The zero-order chi connectivity index (χ0) is 21.7. The molecular formula is C22H23FN2O5. The number of amides is 2. The van der Waals surface area contributed by atoms with Crippen molar-refractivity contribution in [2.45, 2.75) is 12.8 Å². The Morgan fingerprint density at radius 1 is 1.03 bits per heavy atom. The smallest absolute Gasteiger partial charge is 0.340 e. The van der Waals surface area contributed by atoms with Crippen molar-refractivity contribution >= 4 is 23.5 Å². The van der Waals surface area contributed by atoms with Gasteiger partial charge in [0.25, 0.3) is 5.91 Å². The maximum Gasteiger partial charge on any atom is 0.340 e. The Bertz CT molecular complexity index is 937. The van der Waals surface area contributed by atoms with E-state index in [2.05, 4.69) is 5.32 Å². The van der Waals surface area contributed by atoms with Crippen molar-refractivity contribution in [2.24, 2.45) is 5.92 Å². The van der Waals surface area contributed by atoms with Crippen molar-refractivity contribution in [3.8, 4) is 5.75 Å². The molecule has 0 bridgehead atoms. The fourth-order valence-electron chi connectivity index (χ4n) is 3.39. The van der Waals surface area contributed by atoms with E-state index in [1.807, 2.05) is 0 Å². The summed E-state index contributed by atoms with van der Waals surface area (Å²) in [5, 5.41) is 2.79. The molecule has 0 saturated carbocycles. The van der Waals surface area contributed by atoms with Gasteiger partial charge in [-0.2, -0.15) is 0 Å². The number of esters is 1. The SMILES string of the molecule is COC(=O)c1cc(OC)ccc1NC(=O)C1CCN(C(=O)c2ccc(F)cc2)CC1. The number of ether oxygens (including phenoxy) is 2. The van der Waals surface area contributed by atoms with Crippen molar-refractivity contribution in [3.63, 3.8) is 0 Å². The summed E-state index contributed by atoms with van der Waals surface area (Å²) in [6.45, 7) is 0.835. The number of likely N-dealkylation sites (tertiary alicyclic amines) is 1. The van der Waals surface area contributed by atoms with Crippen LogP contribution in [0.3, 0.4) is 0 Å². The Hall–Kier alpha value is -3.42. The van der Waals surface area contributed by atoms with E-state index in [0.29, 0.717) is 42.9 Å². The normalized spacial score (nSPS) is 14.2. The van der Waals surface area contributed by atoms with Crippen LogP contribution in [0.25, 0.3) is 0 Å². The molecule has 158 valence electrons. The second-order valence-corrected chi connectivity index (χ2v) is 6.97. The molecule has 1 fully saturated rings. The number of halogens is 1. The van der Waals surface area contributed by atoms with Crippen LogP contribution in [0.5, 0.6) is 5.75 Å². The molecule has 8 heteroatoms. The molecular weight excluding hydrogens is 391 g/mol. The molecule has 1 N–H and O–H groups in total. The van der Waals surface area contributed by atoms with Crippen LogP contribution in [0.1, 0.15) is 33.6 Å². The molecule has 0 aromatic heterocycles. The number of carbonyl (C=O) groups is 3. The maximum absolute atomic E-state index is 13.0. The third-order valence-electron chi connectivity index (χ3n) is 5.13. The monoisotopic (exact) mass is 414 g/mol. The third-order valence-corrected chi connectivity index (χ3v) is 5.13. The number of hydrogen-bond acceptors (Lipinski definition) is 5. The molecule has 0 atom stereocenters. The Labute approximate surface area is 173 Å². The van der Waals surface area contributed by atoms with E-state index in [0.717, 1.165) is 0 Å². The van der Waals surface area contributed by atoms with Crippen LogP contribution < -0.4 is 10.1 Å². The number of methoxy groups -OCH3 is 2. The zero-order valence-electron chi connectivity index (χ0n) is 16.8. The molecule has 0 radical (unpaired) electrons. The Kier molecular flexibility index (Phi) is 6.66. The molecule has 3 rings (SSSR count). The summed E-state index contributed by atoms with van der Waals surface area (Å²) >= 11 is 0. The van der Waals surface area contributed by atoms with E-state index in [1.165, 1.54) is 44.6 Å². The molecule has 0 unspecified atom stereocenters. The molecule has 2 aromatic rings. The van der Waals surface area contributed by atoms with E-state index < -0.39 is 11.8 Å². The minimum absolute atomic E-state index is 0.183. The molecule has 1 saturated heterocycles. The summed E-state index contributed by atoms with van der Waals surface area (Å²) < 4.78 is 23.0. The predicted molar refractivity (Wildman–Crippen MR) is 108 cm³/mol. The minimum atomic E-state index is -0.580. The first-order valence-corrected chi connectivity index (χ1v) is 9.55. The fourth-order valence-corrected chi connectivity index (χ4v) is 3.39. The van der Waals surface area contributed by atoms with Gasteiger partial charge in [0.15, 0.2) is 0 Å². The van der Waals surface area contributed by atoms with Crippen LogP contribution in [-0.4, -0.2) is 50.0 Å². The summed E-state index contributed by atoms with van der Waals surface area (Å²) in [6.07, 6.45) is 0.977. The quantitative estimate of drug-likeness (QED) is 0.760. The van der Waals surface area contributed by atoms with Crippen LogP contribution >= 0.6 is 0 Å². The first-order valence-electron chi connectivity index (χ1n) is 9.55. The summed E-state index contributed by atoms with van der Waals surface area (Å²) in [7, 11) is 2.75. The molecule has 30 heavy (non-hydrogen) atoms. The number of nitrogens with one attached hydrogen (secondary N) is 1. The van der Waals surface area contributed by atoms with E-state index in [1.54, 1.807) is 17.0 Å². The standard InChI is InChI=1S/C22H23FN2O5/c1-29-17-7-8-19(18(13-17)22(28)30-2)24-20(26)14-9-11-25(12-10-14)21(27)15-3-5-16(23)6-4-15/h3-8,13-14H,9-12H2,1-2H3,(H,24,26). The van der Waals surface area contributed by atoms with Gasteiger partial charge in [0.05, 0.1) is 25.5 Å². The lowest BCUT2D eigenvalue weighted by Gasteiger charge is -2.31. The van der Waals surface area contributed by atoms with Crippen LogP contribution in [-0.2, 0) is 9.53 Å². The highest BCUT2D eigenvalue weighted by molar-refractivity contribution is 6.02. The molecule has 2 aromatic carbocycles. The molecule has 1 aliphatic rings. The van der Waals surface area contributed by atoms with Crippen molar-refractivity contribution in [3.05, 3.63) is 59.4 Å². The molecule has 2 amide bonds. The highest BCUT2D eigenvalue weighted by Crippen LogP contribution is 2.26. The minimum Gasteiger partial charge on any atom is -0.497 e. The van der Waals surface area contributed by atoms with Gasteiger partial charge in [0, 0.05) is 24.6 Å². The van der Waals surface area contributed by atoms with Crippen LogP contribution in [0.15, 0.2) is 42.5 Å². The van der Waals surface area contributed by atoms with Crippen molar-refractivity contribution in [2.75, 3.05) is 32.6 Å². The lowest BCUT2D eigenvalue weighted by atomic mass is 9.95. The van der Waals surface area contributed by atoms with E-state index in [-0.39, 0.29) is 23.3 Å². The van der Waals surface area contributed by atoms with Crippen LogP contribution in [0.2, 0.25) is 0 Å². The van der Waals surface area contributed by atoms with Gasteiger partial charge in [0.2, 0.25) is 5.91 Å². The van der Waals surface area contributed by atoms with E-state index in [4.69, 9.17) is 9.47 Å². The first kappa shape index (κ1) is 21.3. The highest BCUT2D eigenvalue weighted by atomic mass is 19.1. The lowest BCUT2D eigenvalue weighted by molar-refractivity contribution is -0.121. The summed E-state index contributed by atoms with van der Waals surface area (Å²) in [6, 6.07) is 10.2. The lowest BCUT2D eigenvalue weighted by Crippen LogP contribution is -2.41. The zero-order valence-corrected chi connectivity index (χ0v) is 16.8. The summed E-state index contributed by atoms with van der Waals surface area (Å²) in [4.78, 5) is 39.0. The number of anilines is 1. The molecule has 0 aliphatic carbocycles. The average molecular weight is 414 g/mol. The molecule has 1 heterocycles. The van der Waals surface area contributed by atoms with Gasteiger partial charge in [-0.1, -0.05) is 0 Å². The number of hydrogen-bond donors (Lipinski definition) is 1. The number of nitrogens with zero attached hydrogens (tertiary/aromatic N) is 1. The largest absolute Gasteiger partial charge is 0.497 e. The van der Waals surface area contributed by atoms with Crippen molar-refractivity contribution in [1.29, 1.82) is 0 Å². The summed E-state index contributed by atoms with van der Waals surface area (Å²) in [5.74, 6) is -1.21. The molecule has 0 spiro atoms. The van der Waals surface area contributed by atoms with E-state index >= 15 is 0 Å². The van der Waals surface area contributed by atoms with E-state index in [9.17, 15) is 18.8 Å². The third kappa shape index (κ3) is 4.76. The number of carbonyl (C=O) groups excluding carboxylic acids is 3. The van der Waals surface area contributed by atoms with Gasteiger partial charge in [-0.25, -0.2) is 9.18 Å². The van der Waals surface area contributed by atoms with Crippen LogP contribution in [0.4, 0.5) is 10.1 Å². The Morgan fingerprint density at radius 2 is 1.70 bits per heavy atom. The highest BCUT2D eigenvalue weighted by Gasteiger charge is 2.28. The molecule has 7 nitrogen and oxygen atoms in total. The Balaban J connectivity index is 1.62. The number of piperidine rings is 1. The second-order valence-electron chi connectivity index (χ2n) is 6.97. The van der Waals surface area contributed by atoms with Crippen molar-refractivity contribution in [1.82, 2.24) is 4.90 Å². The van der Waals surface area contributed by atoms with Crippen molar-refractivity contribution < 1.29 is 28.2 Å².